The summed E-state index contributed by atoms with van der Waals surface area (Å²) in [5, 5.41) is 13.8. The minimum Gasteiger partial charge on any atom is -0.390 e. The molecule has 2 rings (SSSR count). The molecule has 0 aliphatic heterocycles. The summed E-state index contributed by atoms with van der Waals surface area (Å²) in [6.07, 6.45) is -1.16. The molecule has 2 aromatic carbocycles. The first-order valence-electron chi connectivity index (χ1n) is 10.6. The van der Waals surface area contributed by atoms with Crippen LogP contribution in [0.3, 0.4) is 0 Å². The molecule has 0 aromatic heterocycles. The van der Waals surface area contributed by atoms with Crippen LogP contribution in [0, 0.1) is 0 Å². The Morgan fingerprint density at radius 2 is 1.00 bits per heavy atom. The first kappa shape index (κ1) is 28.3. The summed E-state index contributed by atoms with van der Waals surface area (Å²) >= 11 is 0. The average molecular weight is 515 g/mol. The number of aliphatic hydroxyl groups excluding tert-OH is 1. The maximum absolute atomic E-state index is 12.6. The van der Waals surface area contributed by atoms with Gasteiger partial charge in [0.1, 0.15) is 0 Å². The molecule has 0 amide bonds. The SMILES string of the molecule is CN(C)NS(=O)(=O)NC(Cc1ccccc1)C(O)C(Cc1ccccc1)NS(=O)(=O)NN(C)C. The molecule has 2 atom stereocenters. The van der Waals surface area contributed by atoms with Crippen LogP contribution in [0.5, 0.6) is 0 Å². The van der Waals surface area contributed by atoms with Crippen molar-refractivity contribution in [2.75, 3.05) is 28.2 Å². The van der Waals surface area contributed by atoms with Gasteiger partial charge in [-0.3, -0.25) is 0 Å². The van der Waals surface area contributed by atoms with E-state index < -0.39 is 38.6 Å². The van der Waals surface area contributed by atoms with Crippen LogP contribution in [0.1, 0.15) is 11.1 Å². The third-order valence-electron chi connectivity index (χ3n) is 4.64. The van der Waals surface area contributed by atoms with E-state index in [1.54, 1.807) is 48.5 Å². The number of nitrogens with zero attached hydrogens (tertiary/aromatic N) is 2. The van der Waals surface area contributed by atoms with Gasteiger partial charge in [0.15, 0.2) is 0 Å². The van der Waals surface area contributed by atoms with Crippen LogP contribution in [-0.2, 0) is 33.3 Å². The molecule has 2 aromatic rings. The summed E-state index contributed by atoms with van der Waals surface area (Å²) in [6, 6.07) is 16.0. The molecule has 0 aliphatic carbocycles. The van der Waals surface area contributed by atoms with Gasteiger partial charge in [-0.15, -0.1) is 9.66 Å². The van der Waals surface area contributed by atoms with E-state index in [9.17, 15) is 21.9 Å². The predicted molar refractivity (Wildman–Crippen MR) is 132 cm³/mol. The zero-order valence-electron chi connectivity index (χ0n) is 19.7. The fourth-order valence-electron chi connectivity index (χ4n) is 3.41. The highest BCUT2D eigenvalue weighted by Gasteiger charge is 2.34. The van der Waals surface area contributed by atoms with Crippen molar-refractivity contribution >= 4 is 20.4 Å². The Kier molecular flexibility index (Phi) is 10.5. The van der Waals surface area contributed by atoms with E-state index in [2.05, 4.69) is 19.1 Å². The van der Waals surface area contributed by atoms with Gasteiger partial charge in [-0.1, -0.05) is 60.7 Å². The number of hydrogen-bond acceptors (Lipinski definition) is 7. The van der Waals surface area contributed by atoms with Gasteiger partial charge in [0.05, 0.1) is 18.2 Å². The molecule has 0 radical (unpaired) electrons. The standard InChI is InChI=1S/C21H34N6O5S2/c1-26(2)24-33(29,30)22-19(15-17-11-7-5-8-12-17)21(28)20(16-18-13-9-6-10-14-18)23-34(31,32)25-27(3)4/h5-14,19-25,28H,15-16H2,1-4H3. The van der Waals surface area contributed by atoms with Crippen LogP contribution in [-0.4, -0.2) is 78.3 Å². The Labute approximate surface area is 202 Å². The van der Waals surface area contributed by atoms with Crippen molar-refractivity contribution in [1.82, 2.24) is 29.1 Å². The highest BCUT2D eigenvalue weighted by Crippen LogP contribution is 2.15. The first-order chi connectivity index (χ1) is 15.9. The first-order valence-corrected chi connectivity index (χ1v) is 13.5. The topological polar surface area (TPSA) is 143 Å². The third-order valence-corrected chi connectivity index (χ3v) is 7.08. The van der Waals surface area contributed by atoms with Crippen LogP contribution >= 0.6 is 0 Å². The summed E-state index contributed by atoms with van der Waals surface area (Å²) in [4.78, 5) is 4.56. The molecule has 190 valence electrons. The zero-order valence-corrected chi connectivity index (χ0v) is 21.3. The Hall–Kier alpha value is -1.94. The quantitative estimate of drug-likeness (QED) is 0.211. The van der Waals surface area contributed by atoms with Gasteiger partial charge in [-0.25, -0.2) is 10.0 Å². The van der Waals surface area contributed by atoms with E-state index in [0.29, 0.717) is 0 Å². The lowest BCUT2D eigenvalue weighted by Gasteiger charge is -2.32. The minimum absolute atomic E-state index is 0.129. The summed E-state index contributed by atoms with van der Waals surface area (Å²) < 4.78 is 55.4. The second-order valence-corrected chi connectivity index (χ2v) is 11.1. The van der Waals surface area contributed by atoms with Gasteiger partial charge >= 0.3 is 0 Å². The van der Waals surface area contributed by atoms with Crippen molar-refractivity contribution in [3.63, 3.8) is 0 Å². The van der Waals surface area contributed by atoms with Crippen molar-refractivity contribution in [2.45, 2.75) is 31.0 Å². The molecular formula is C21H34N6O5S2. The summed E-state index contributed by atoms with van der Waals surface area (Å²) in [7, 11) is -2.04. The molecule has 0 spiro atoms. The summed E-state index contributed by atoms with van der Waals surface area (Å²) in [5.74, 6) is 0. The van der Waals surface area contributed by atoms with Gasteiger partial charge in [0.25, 0.3) is 20.4 Å². The fraction of sp³-hybridized carbons (Fsp3) is 0.429. The smallest absolute Gasteiger partial charge is 0.290 e. The average Bonchev–Trinajstić information content (AvgIpc) is 2.71. The molecule has 0 saturated heterocycles. The van der Waals surface area contributed by atoms with E-state index in [-0.39, 0.29) is 12.8 Å². The number of hydrazine groups is 2. The molecule has 5 N–H and O–H groups in total. The maximum Gasteiger partial charge on any atom is 0.290 e. The molecule has 0 aliphatic rings. The van der Waals surface area contributed by atoms with Crippen LogP contribution in [0.4, 0.5) is 0 Å². The van der Waals surface area contributed by atoms with Crippen LogP contribution in [0.25, 0.3) is 0 Å². The summed E-state index contributed by atoms with van der Waals surface area (Å²) in [6.45, 7) is 0. The van der Waals surface area contributed by atoms with Gasteiger partial charge in [-0.2, -0.15) is 26.3 Å². The number of benzene rings is 2. The molecule has 34 heavy (non-hydrogen) atoms. The fourth-order valence-corrected chi connectivity index (χ4v) is 5.72. The van der Waals surface area contributed by atoms with Crippen LogP contribution in [0.2, 0.25) is 0 Å². The molecule has 0 fully saturated rings. The monoisotopic (exact) mass is 514 g/mol. The third kappa shape index (κ3) is 10.1. The second kappa shape index (κ2) is 12.7. The Bertz CT molecular complexity index is 996. The van der Waals surface area contributed by atoms with Crippen molar-refractivity contribution in [3.05, 3.63) is 71.8 Å². The molecular weight excluding hydrogens is 480 g/mol. The van der Waals surface area contributed by atoms with Crippen molar-refractivity contribution in [2.24, 2.45) is 0 Å². The van der Waals surface area contributed by atoms with E-state index in [1.807, 2.05) is 12.1 Å². The van der Waals surface area contributed by atoms with Crippen LogP contribution in [0.15, 0.2) is 60.7 Å². The Morgan fingerprint density at radius 3 is 1.29 bits per heavy atom. The van der Waals surface area contributed by atoms with E-state index >= 15 is 0 Å². The molecule has 0 bridgehead atoms. The summed E-state index contributed by atoms with van der Waals surface area (Å²) in [5.41, 5.74) is 1.54. The van der Waals surface area contributed by atoms with Gasteiger partial charge in [0.2, 0.25) is 0 Å². The van der Waals surface area contributed by atoms with Crippen molar-refractivity contribution in [3.8, 4) is 0 Å². The molecule has 2 unspecified atom stereocenters. The predicted octanol–water partition coefficient (Wildman–Crippen LogP) is -0.629. The molecule has 0 heterocycles. The number of nitrogens with one attached hydrogen (secondary N) is 4. The van der Waals surface area contributed by atoms with E-state index in [1.165, 1.54) is 38.2 Å². The number of rotatable bonds is 14. The molecule has 0 saturated carbocycles. The normalized spacial score (nSPS) is 15.4. The van der Waals surface area contributed by atoms with E-state index in [4.69, 9.17) is 0 Å². The Morgan fingerprint density at radius 1 is 0.676 bits per heavy atom. The number of aliphatic hydroxyl groups is 1. The highest BCUT2D eigenvalue weighted by atomic mass is 32.2. The largest absolute Gasteiger partial charge is 0.390 e. The molecule has 13 heteroatoms. The van der Waals surface area contributed by atoms with Crippen molar-refractivity contribution < 1.29 is 21.9 Å². The van der Waals surface area contributed by atoms with Crippen LogP contribution < -0.4 is 19.1 Å². The van der Waals surface area contributed by atoms with Gasteiger partial charge < -0.3 is 5.11 Å². The lowest BCUT2D eigenvalue weighted by Crippen LogP contribution is -2.59. The maximum atomic E-state index is 12.6. The highest BCUT2D eigenvalue weighted by molar-refractivity contribution is 7.87. The Balaban J connectivity index is 2.40. The zero-order chi connectivity index (χ0) is 25.4. The van der Waals surface area contributed by atoms with Crippen molar-refractivity contribution in [1.29, 1.82) is 0 Å². The van der Waals surface area contributed by atoms with E-state index in [0.717, 1.165) is 11.1 Å². The van der Waals surface area contributed by atoms with Gasteiger partial charge in [-0.05, 0) is 24.0 Å². The lowest BCUT2D eigenvalue weighted by molar-refractivity contribution is 0.102. The minimum atomic E-state index is -4.05. The lowest BCUT2D eigenvalue weighted by atomic mass is 9.94. The van der Waals surface area contributed by atoms with Gasteiger partial charge in [0, 0.05) is 28.2 Å². The second-order valence-electron chi connectivity index (χ2n) is 8.30. The molecule has 11 nitrogen and oxygen atoms in total. The number of hydrogen-bond donors (Lipinski definition) is 5.